The Labute approximate surface area is 131 Å². The molecule has 0 aliphatic carbocycles. The van der Waals surface area contributed by atoms with E-state index in [0.717, 1.165) is 17.1 Å². The van der Waals surface area contributed by atoms with Crippen molar-refractivity contribution in [2.24, 2.45) is 5.73 Å². The Bertz CT molecular complexity index is 596. The number of thioether (sulfide) groups is 1. The van der Waals surface area contributed by atoms with E-state index in [2.05, 4.69) is 43.3 Å². The van der Waals surface area contributed by atoms with Gasteiger partial charge in [-0.25, -0.2) is 0 Å². The first-order valence-electron chi connectivity index (χ1n) is 7.31. The molecule has 0 aliphatic rings. The van der Waals surface area contributed by atoms with E-state index < -0.39 is 0 Å². The summed E-state index contributed by atoms with van der Waals surface area (Å²) >= 11 is 1.84. The molecule has 2 N–H and O–H groups in total. The monoisotopic (exact) mass is 301 g/mol. The molecule has 2 nitrogen and oxygen atoms in total. The van der Waals surface area contributed by atoms with Gasteiger partial charge >= 0.3 is 0 Å². The van der Waals surface area contributed by atoms with Crippen LogP contribution < -0.4 is 10.5 Å². The highest BCUT2D eigenvalue weighted by Gasteiger charge is 2.09. The average molecular weight is 301 g/mol. The van der Waals surface area contributed by atoms with Crippen LogP contribution in [0.3, 0.4) is 0 Å². The van der Waals surface area contributed by atoms with Crippen molar-refractivity contribution in [1.29, 1.82) is 0 Å². The summed E-state index contributed by atoms with van der Waals surface area (Å²) in [5.41, 5.74) is 9.66. The minimum atomic E-state index is 0.0443. The quantitative estimate of drug-likeness (QED) is 0.785. The summed E-state index contributed by atoms with van der Waals surface area (Å²) in [6.07, 6.45) is 0. The van der Waals surface area contributed by atoms with E-state index in [1.807, 2.05) is 31.7 Å². The van der Waals surface area contributed by atoms with Crippen LogP contribution in [-0.4, -0.2) is 6.61 Å². The average Bonchev–Trinajstić information content (AvgIpc) is 2.47. The van der Waals surface area contributed by atoms with Crippen LogP contribution in [0.1, 0.15) is 36.6 Å². The Balaban J connectivity index is 2.20. The molecule has 0 radical (unpaired) electrons. The van der Waals surface area contributed by atoms with Gasteiger partial charge in [-0.1, -0.05) is 24.3 Å². The lowest BCUT2D eigenvalue weighted by molar-refractivity contribution is 0.337. The van der Waals surface area contributed by atoms with Gasteiger partial charge in [-0.15, -0.1) is 11.8 Å². The lowest BCUT2D eigenvalue weighted by Gasteiger charge is -2.14. The summed E-state index contributed by atoms with van der Waals surface area (Å²) in [4.78, 5) is 1.31. The highest BCUT2D eigenvalue weighted by Crippen LogP contribution is 2.31. The van der Waals surface area contributed by atoms with E-state index in [0.29, 0.717) is 6.61 Å². The van der Waals surface area contributed by atoms with E-state index >= 15 is 0 Å². The lowest BCUT2D eigenvalue weighted by Crippen LogP contribution is -2.06. The number of nitrogens with two attached hydrogens (primary N) is 1. The predicted octanol–water partition coefficient (Wildman–Crippen LogP) is 4.71. The summed E-state index contributed by atoms with van der Waals surface area (Å²) < 4.78 is 5.74. The predicted molar refractivity (Wildman–Crippen MR) is 91.0 cm³/mol. The third-order valence-electron chi connectivity index (χ3n) is 3.39. The van der Waals surface area contributed by atoms with Crippen molar-refractivity contribution in [1.82, 2.24) is 0 Å². The summed E-state index contributed by atoms with van der Waals surface area (Å²) in [6, 6.07) is 14.8. The van der Waals surface area contributed by atoms with Gasteiger partial charge in [0, 0.05) is 22.3 Å². The summed E-state index contributed by atoms with van der Waals surface area (Å²) in [6.45, 7) is 6.84. The summed E-state index contributed by atoms with van der Waals surface area (Å²) in [5, 5.41) is 0. The van der Waals surface area contributed by atoms with Gasteiger partial charge < -0.3 is 10.5 Å². The van der Waals surface area contributed by atoms with Gasteiger partial charge in [0.15, 0.2) is 0 Å². The Morgan fingerprint density at radius 2 is 1.95 bits per heavy atom. The van der Waals surface area contributed by atoms with Gasteiger partial charge in [0.2, 0.25) is 0 Å². The van der Waals surface area contributed by atoms with Crippen LogP contribution in [0, 0.1) is 6.92 Å². The second-order valence-electron chi connectivity index (χ2n) is 5.14. The summed E-state index contributed by atoms with van der Waals surface area (Å²) in [5.74, 6) is 1.85. The molecule has 0 aliphatic heterocycles. The van der Waals surface area contributed by atoms with Crippen LogP contribution in [0.25, 0.3) is 0 Å². The van der Waals surface area contributed by atoms with E-state index in [9.17, 15) is 0 Å². The molecule has 0 heterocycles. The second-order valence-corrected chi connectivity index (χ2v) is 6.16. The normalized spacial score (nSPS) is 12.2. The van der Waals surface area contributed by atoms with Crippen molar-refractivity contribution in [3.05, 3.63) is 59.2 Å². The zero-order valence-electron chi connectivity index (χ0n) is 12.9. The number of aryl methyl sites for hydroxylation is 1. The van der Waals surface area contributed by atoms with Crippen molar-refractivity contribution in [2.45, 2.75) is 37.5 Å². The van der Waals surface area contributed by atoms with E-state index in [4.69, 9.17) is 10.5 Å². The molecule has 0 aromatic heterocycles. The van der Waals surface area contributed by atoms with Crippen molar-refractivity contribution in [3.63, 3.8) is 0 Å². The van der Waals surface area contributed by atoms with Crippen LogP contribution in [0.2, 0.25) is 0 Å². The Hall–Kier alpha value is -1.45. The molecule has 0 bridgehead atoms. The molecule has 0 saturated heterocycles. The SMILES string of the molecule is CCOc1ccc(C(C)N)cc1CSc1ccccc1C. The van der Waals surface area contributed by atoms with Crippen LogP contribution in [0.5, 0.6) is 5.75 Å². The Morgan fingerprint density at radius 1 is 1.19 bits per heavy atom. The molecule has 0 fully saturated rings. The standard InChI is InChI=1S/C18H23NOS/c1-4-20-17-10-9-15(14(3)19)11-16(17)12-21-18-8-6-5-7-13(18)2/h5-11,14H,4,12,19H2,1-3H3. The first-order chi connectivity index (χ1) is 10.1. The highest BCUT2D eigenvalue weighted by molar-refractivity contribution is 7.98. The Kier molecular flexibility index (Phi) is 5.71. The van der Waals surface area contributed by atoms with E-state index in [1.54, 1.807) is 0 Å². The fraction of sp³-hybridized carbons (Fsp3) is 0.333. The van der Waals surface area contributed by atoms with Crippen LogP contribution in [0.15, 0.2) is 47.4 Å². The molecule has 0 saturated carbocycles. The fourth-order valence-corrected chi connectivity index (χ4v) is 3.17. The molecule has 0 spiro atoms. The van der Waals surface area contributed by atoms with Gasteiger partial charge in [-0.2, -0.15) is 0 Å². The van der Waals surface area contributed by atoms with Gasteiger partial charge in [-0.3, -0.25) is 0 Å². The van der Waals surface area contributed by atoms with Gasteiger partial charge in [0.25, 0.3) is 0 Å². The molecule has 21 heavy (non-hydrogen) atoms. The van der Waals surface area contributed by atoms with Crippen LogP contribution in [0.4, 0.5) is 0 Å². The van der Waals surface area contributed by atoms with Crippen LogP contribution >= 0.6 is 11.8 Å². The molecule has 0 amide bonds. The molecular formula is C18H23NOS. The lowest BCUT2D eigenvalue weighted by atomic mass is 10.1. The van der Waals surface area contributed by atoms with Crippen molar-refractivity contribution in [3.8, 4) is 5.75 Å². The minimum Gasteiger partial charge on any atom is -0.494 e. The van der Waals surface area contributed by atoms with E-state index in [1.165, 1.54) is 16.0 Å². The van der Waals surface area contributed by atoms with Gasteiger partial charge in [0.05, 0.1) is 6.61 Å². The van der Waals surface area contributed by atoms with Crippen molar-refractivity contribution >= 4 is 11.8 Å². The molecule has 1 unspecified atom stereocenters. The molecule has 2 rings (SSSR count). The zero-order chi connectivity index (χ0) is 15.2. The second kappa shape index (κ2) is 7.53. The van der Waals surface area contributed by atoms with Crippen molar-refractivity contribution in [2.75, 3.05) is 6.61 Å². The molecule has 1 atom stereocenters. The first kappa shape index (κ1) is 15.9. The molecule has 112 valence electrons. The van der Waals surface area contributed by atoms with Gasteiger partial charge in [0.1, 0.15) is 5.75 Å². The number of ether oxygens (including phenoxy) is 1. The fourth-order valence-electron chi connectivity index (χ4n) is 2.17. The zero-order valence-corrected chi connectivity index (χ0v) is 13.7. The molecule has 2 aromatic carbocycles. The maximum atomic E-state index is 5.99. The number of hydrogen-bond acceptors (Lipinski definition) is 3. The smallest absolute Gasteiger partial charge is 0.123 e. The first-order valence-corrected chi connectivity index (χ1v) is 8.30. The largest absolute Gasteiger partial charge is 0.494 e. The highest BCUT2D eigenvalue weighted by atomic mass is 32.2. The number of rotatable bonds is 6. The summed E-state index contributed by atoms with van der Waals surface area (Å²) in [7, 11) is 0. The van der Waals surface area contributed by atoms with Crippen molar-refractivity contribution < 1.29 is 4.74 Å². The third-order valence-corrected chi connectivity index (χ3v) is 4.61. The number of benzene rings is 2. The number of hydrogen-bond donors (Lipinski definition) is 1. The maximum absolute atomic E-state index is 5.99. The topological polar surface area (TPSA) is 35.2 Å². The Morgan fingerprint density at radius 3 is 2.62 bits per heavy atom. The maximum Gasteiger partial charge on any atom is 0.123 e. The minimum absolute atomic E-state index is 0.0443. The van der Waals surface area contributed by atoms with Crippen LogP contribution in [-0.2, 0) is 5.75 Å². The third kappa shape index (κ3) is 4.26. The molecule has 3 heteroatoms. The van der Waals surface area contributed by atoms with Gasteiger partial charge in [-0.05, 0) is 50.1 Å². The molecular weight excluding hydrogens is 278 g/mol. The molecule has 2 aromatic rings. The van der Waals surface area contributed by atoms with E-state index in [-0.39, 0.29) is 6.04 Å².